The summed E-state index contributed by atoms with van der Waals surface area (Å²) in [7, 11) is -1.34. The van der Waals surface area contributed by atoms with Crippen LogP contribution in [0.1, 0.15) is 6.42 Å². The summed E-state index contributed by atoms with van der Waals surface area (Å²) in [6.45, 7) is 2.23. The number of piperidine rings is 1. The van der Waals surface area contributed by atoms with Crippen molar-refractivity contribution in [3.63, 3.8) is 0 Å². The first-order chi connectivity index (χ1) is 5.97. The van der Waals surface area contributed by atoms with Gasteiger partial charge in [0.05, 0.1) is 0 Å². The summed E-state index contributed by atoms with van der Waals surface area (Å²) in [6, 6.07) is 0. The molecule has 1 N–H and O–H groups in total. The maximum atomic E-state index is 3.43. The second-order valence-electron chi connectivity index (χ2n) is 5.03. The summed E-state index contributed by atoms with van der Waals surface area (Å²) in [5.41, 5.74) is 1.54. The molecule has 2 heterocycles. The third kappa shape index (κ3) is 1.53. The molecule has 2 aliphatic rings. The van der Waals surface area contributed by atoms with E-state index in [1.165, 1.54) is 6.42 Å². The van der Waals surface area contributed by atoms with E-state index >= 15 is 0 Å². The van der Waals surface area contributed by atoms with Crippen LogP contribution in [0, 0.1) is 0 Å². The second-order valence-corrected chi connectivity index (χ2v) is 11.1. The van der Waals surface area contributed by atoms with E-state index in [4.69, 9.17) is 0 Å². The Balaban J connectivity index is 2.64. The lowest BCUT2D eigenvalue weighted by molar-refractivity contribution is 0.735. The van der Waals surface area contributed by atoms with Crippen molar-refractivity contribution in [2.75, 3.05) is 31.9 Å². The first kappa shape index (κ1) is 9.22. The molecule has 2 rings (SSSR count). The largest absolute Gasteiger partial charge is 0.312 e. The molecule has 0 spiro atoms. The smallest absolute Gasteiger partial charge is 0.0212 e. The van der Waals surface area contributed by atoms with Gasteiger partial charge in [-0.2, -0.15) is 0 Å². The Bertz CT molecular complexity index is 355. The molecule has 0 unspecified atom stereocenters. The molecule has 0 atom stereocenters. The predicted molar refractivity (Wildman–Crippen MR) is 65.1 cm³/mol. The van der Waals surface area contributed by atoms with Crippen molar-refractivity contribution >= 4 is 13.6 Å². The van der Waals surface area contributed by atoms with Gasteiger partial charge in [-0.1, -0.05) is 17.6 Å². The average Bonchev–Trinajstić information content (AvgIpc) is 2.03. The molecule has 0 aromatic heterocycles. The molecule has 74 valence electrons. The molecular formula is C11H19NS. The van der Waals surface area contributed by atoms with Crippen LogP contribution in [0.3, 0.4) is 0 Å². The summed E-state index contributed by atoms with van der Waals surface area (Å²) in [6.07, 6.45) is 13.1. The molecule has 0 bridgehead atoms. The Morgan fingerprint density at radius 1 is 1.31 bits per heavy atom. The fourth-order valence-corrected chi connectivity index (χ4v) is 4.89. The molecule has 2 aliphatic heterocycles. The van der Waals surface area contributed by atoms with E-state index in [9.17, 15) is 0 Å². The van der Waals surface area contributed by atoms with Gasteiger partial charge in [-0.05, 0) is 42.2 Å². The van der Waals surface area contributed by atoms with E-state index in [1.54, 1.807) is 10.4 Å². The van der Waals surface area contributed by atoms with Crippen molar-refractivity contribution in [3.8, 4) is 0 Å². The Hall–Kier alpha value is -0.340. The van der Waals surface area contributed by atoms with Crippen molar-refractivity contribution in [3.05, 3.63) is 23.1 Å². The summed E-state index contributed by atoms with van der Waals surface area (Å²) in [5.74, 6) is 0. The molecule has 0 aliphatic carbocycles. The van der Waals surface area contributed by atoms with Crippen LogP contribution in [0.15, 0.2) is 23.1 Å². The fraction of sp³-hybridized carbons (Fsp3) is 0.545. The third-order valence-electron chi connectivity index (χ3n) is 2.94. The summed E-state index contributed by atoms with van der Waals surface area (Å²) >= 11 is 0. The van der Waals surface area contributed by atoms with E-state index in [0.717, 1.165) is 13.1 Å². The summed E-state index contributed by atoms with van der Waals surface area (Å²) < 4.78 is 0. The summed E-state index contributed by atoms with van der Waals surface area (Å²) in [5, 5.41) is 5.87. The highest BCUT2D eigenvalue weighted by atomic mass is 32.3. The molecule has 1 fully saturated rings. The van der Waals surface area contributed by atoms with Gasteiger partial charge in [0, 0.05) is 6.54 Å². The van der Waals surface area contributed by atoms with Crippen LogP contribution in [-0.4, -0.2) is 36.7 Å². The van der Waals surface area contributed by atoms with Crippen LogP contribution in [0.25, 0.3) is 0 Å². The maximum Gasteiger partial charge on any atom is 0.0212 e. The Morgan fingerprint density at radius 2 is 2.08 bits per heavy atom. The van der Waals surface area contributed by atoms with Gasteiger partial charge >= 0.3 is 0 Å². The van der Waals surface area contributed by atoms with Crippen molar-refractivity contribution in [2.24, 2.45) is 0 Å². The Labute approximate surface area is 80.8 Å². The lowest BCUT2D eigenvalue weighted by Gasteiger charge is -2.43. The zero-order valence-electron chi connectivity index (χ0n) is 8.76. The average molecular weight is 197 g/mol. The lowest BCUT2D eigenvalue weighted by Crippen LogP contribution is -2.34. The number of nitrogens with one attached hydrogen (secondary N) is 1. The molecular weight excluding hydrogens is 178 g/mol. The van der Waals surface area contributed by atoms with Gasteiger partial charge in [0.2, 0.25) is 0 Å². The van der Waals surface area contributed by atoms with Crippen molar-refractivity contribution < 1.29 is 0 Å². The number of hydrogen-bond donors (Lipinski definition) is 1. The van der Waals surface area contributed by atoms with Gasteiger partial charge < -0.3 is 5.32 Å². The minimum Gasteiger partial charge on any atom is -0.312 e. The fourth-order valence-electron chi connectivity index (χ4n) is 2.18. The highest BCUT2D eigenvalue weighted by Crippen LogP contribution is 2.54. The van der Waals surface area contributed by atoms with Gasteiger partial charge in [-0.15, -0.1) is 0 Å². The monoisotopic (exact) mass is 197 g/mol. The SMILES string of the molecule is CS1(C)(C)=C2CCNCC2=CC=C1. The summed E-state index contributed by atoms with van der Waals surface area (Å²) in [4.78, 5) is 1.72. The van der Waals surface area contributed by atoms with Crippen LogP contribution >= 0.6 is 8.75 Å². The van der Waals surface area contributed by atoms with Crippen LogP contribution in [0.5, 0.6) is 0 Å². The normalized spacial score (nSPS) is 32.7. The third-order valence-corrected chi connectivity index (χ3v) is 6.28. The van der Waals surface area contributed by atoms with Crippen molar-refractivity contribution in [2.45, 2.75) is 6.42 Å². The first-order valence-corrected chi connectivity index (χ1v) is 8.11. The Kier molecular flexibility index (Phi) is 1.83. The molecule has 0 aromatic rings. The van der Waals surface area contributed by atoms with E-state index in [2.05, 4.69) is 41.6 Å². The quantitative estimate of drug-likeness (QED) is 0.584. The number of fused-ring (bicyclic) bond motifs is 1. The molecule has 0 aromatic carbocycles. The number of rotatable bonds is 0. The molecule has 0 amide bonds. The molecule has 13 heavy (non-hydrogen) atoms. The zero-order chi connectivity index (χ0) is 9.55. The molecule has 1 nitrogen and oxygen atoms in total. The van der Waals surface area contributed by atoms with E-state index in [-0.39, 0.29) is 0 Å². The van der Waals surface area contributed by atoms with Crippen LogP contribution in [-0.2, 0) is 0 Å². The Morgan fingerprint density at radius 3 is 2.77 bits per heavy atom. The van der Waals surface area contributed by atoms with Crippen LogP contribution in [0.4, 0.5) is 0 Å². The van der Waals surface area contributed by atoms with Crippen LogP contribution < -0.4 is 5.32 Å². The van der Waals surface area contributed by atoms with Gasteiger partial charge in [0.15, 0.2) is 0 Å². The van der Waals surface area contributed by atoms with Crippen LogP contribution in [0.2, 0.25) is 0 Å². The first-order valence-electron chi connectivity index (χ1n) is 4.78. The second kappa shape index (κ2) is 2.58. The number of hydrogen-bond acceptors (Lipinski definition) is 1. The predicted octanol–water partition coefficient (Wildman–Crippen LogP) is 1.84. The van der Waals surface area contributed by atoms with E-state index in [1.807, 2.05) is 0 Å². The van der Waals surface area contributed by atoms with Gasteiger partial charge in [-0.25, -0.2) is 8.75 Å². The van der Waals surface area contributed by atoms with E-state index < -0.39 is 8.75 Å². The van der Waals surface area contributed by atoms with E-state index in [0.29, 0.717) is 0 Å². The highest BCUT2D eigenvalue weighted by Gasteiger charge is 2.25. The minimum absolute atomic E-state index is 1.07. The maximum absolute atomic E-state index is 3.43. The standard InChI is InChI=1S/C11H19NS/c1-13(2,3)8-4-5-10-9-12-7-6-11(10)13/h4-5,8,12H,6-7,9H2,1-3H3. The van der Waals surface area contributed by atoms with Crippen molar-refractivity contribution in [1.82, 2.24) is 5.32 Å². The highest BCUT2D eigenvalue weighted by molar-refractivity contribution is 8.48. The van der Waals surface area contributed by atoms with Gasteiger partial charge in [-0.3, -0.25) is 0 Å². The lowest BCUT2D eigenvalue weighted by atomic mass is 10.1. The van der Waals surface area contributed by atoms with Gasteiger partial charge in [0.1, 0.15) is 0 Å². The molecule has 1 saturated heterocycles. The topological polar surface area (TPSA) is 12.0 Å². The molecule has 0 radical (unpaired) electrons. The number of allylic oxidation sites excluding steroid dienone is 2. The molecule has 0 saturated carbocycles. The minimum atomic E-state index is -1.34. The van der Waals surface area contributed by atoms with Gasteiger partial charge in [0.25, 0.3) is 0 Å². The zero-order valence-corrected chi connectivity index (χ0v) is 9.58. The molecule has 2 heteroatoms. The van der Waals surface area contributed by atoms with Crippen molar-refractivity contribution in [1.29, 1.82) is 0 Å².